The summed E-state index contributed by atoms with van der Waals surface area (Å²) in [5, 5.41) is 22.7. The summed E-state index contributed by atoms with van der Waals surface area (Å²) in [7, 11) is 1.66. The first-order valence-electron chi connectivity index (χ1n) is 11.9. The van der Waals surface area contributed by atoms with Crippen LogP contribution in [0.2, 0.25) is 0 Å². The molecule has 0 amide bonds. The highest BCUT2D eigenvalue weighted by molar-refractivity contribution is 7.99. The van der Waals surface area contributed by atoms with Gasteiger partial charge in [-0.05, 0) is 49.0 Å². The summed E-state index contributed by atoms with van der Waals surface area (Å²) in [6.45, 7) is 4.58. The number of aliphatic hydroxyl groups is 1. The molecule has 0 atom stereocenters. The molecular formula is C26H31F2N5O2S. The van der Waals surface area contributed by atoms with Crippen molar-refractivity contribution in [2.24, 2.45) is 7.05 Å². The van der Waals surface area contributed by atoms with Crippen LogP contribution >= 0.6 is 11.8 Å². The molecule has 36 heavy (non-hydrogen) atoms. The van der Waals surface area contributed by atoms with Crippen molar-refractivity contribution in [2.45, 2.75) is 51.5 Å². The van der Waals surface area contributed by atoms with Crippen LogP contribution in [0.5, 0.6) is 0 Å². The van der Waals surface area contributed by atoms with Gasteiger partial charge in [-0.25, -0.2) is 9.97 Å². The molecule has 192 valence electrons. The van der Waals surface area contributed by atoms with E-state index in [1.165, 1.54) is 22.8 Å². The number of rotatable bonds is 6. The second-order valence-corrected chi connectivity index (χ2v) is 9.72. The lowest BCUT2D eigenvalue weighted by Gasteiger charge is -2.32. The molecule has 2 aromatic heterocycles. The molecule has 0 bridgehead atoms. The van der Waals surface area contributed by atoms with E-state index >= 15 is 0 Å². The molecule has 7 nitrogen and oxygen atoms in total. The zero-order chi connectivity index (χ0) is 26.5. The Morgan fingerprint density at radius 2 is 1.94 bits per heavy atom. The fraction of sp³-hybridized carbons (Fsp3) is 0.462. The van der Waals surface area contributed by atoms with E-state index in [-0.39, 0.29) is 23.2 Å². The number of hydrogen-bond acceptors (Lipinski definition) is 7. The number of aromatic nitrogens is 3. The Morgan fingerprint density at radius 1 is 1.25 bits per heavy atom. The first kappa shape index (κ1) is 27.6. The number of aryl methyl sites for hydroxylation is 1. The second kappa shape index (κ2) is 11.4. The minimum Gasteiger partial charge on any atom is -0.390 e. The number of nitriles is 1. The topological polar surface area (TPSA) is 104 Å². The quantitative estimate of drug-likeness (QED) is 0.493. The maximum absolute atomic E-state index is 13.9. The number of hydrogen-bond donors (Lipinski definition) is 2. The largest absolute Gasteiger partial charge is 0.390 e. The molecule has 1 aliphatic rings. The van der Waals surface area contributed by atoms with Crippen molar-refractivity contribution in [1.29, 1.82) is 5.26 Å². The molecule has 0 unspecified atom stereocenters. The molecule has 0 radical (unpaired) electrons. The fourth-order valence-electron chi connectivity index (χ4n) is 4.31. The van der Waals surface area contributed by atoms with Crippen LogP contribution in [0.25, 0.3) is 10.9 Å². The van der Waals surface area contributed by atoms with Gasteiger partial charge in [0.25, 0.3) is 11.5 Å². The molecule has 3 aromatic rings. The Bertz CT molecular complexity index is 1330. The third kappa shape index (κ3) is 5.37. The maximum atomic E-state index is 13.9. The zero-order valence-corrected chi connectivity index (χ0v) is 21.8. The van der Waals surface area contributed by atoms with Gasteiger partial charge in [0.05, 0.1) is 16.9 Å². The molecule has 1 fully saturated rings. The fourth-order valence-corrected chi connectivity index (χ4v) is 5.50. The highest BCUT2D eigenvalue weighted by Crippen LogP contribution is 2.38. The molecule has 0 aliphatic carbocycles. The SMILES string of the molecule is CC.Cc1nc(NCc2cccc(C(F)(F)CO)c2)c2cc(C3(C#N)CCSCC3)n(C)c(=O)c2n1. The Labute approximate surface area is 213 Å². The average Bonchev–Trinajstić information content (AvgIpc) is 2.91. The minimum atomic E-state index is -3.33. The van der Waals surface area contributed by atoms with Gasteiger partial charge in [-0.1, -0.05) is 32.0 Å². The number of thioether (sulfide) groups is 1. The number of pyridine rings is 1. The third-order valence-electron chi connectivity index (χ3n) is 6.27. The predicted molar refractivity (Wildman–Crippen MR) is 139 cm³/mol. The van der Waals surface area contributed by atoms with Crippen LogP contribution < -0.4 is 10.9 Å². The van der Waals surface area contributed by atoms with E-state index in [0.29, 0.717) is 41.1 Å². The van der Waals surface area contributed by atoms with Crippen LogP contribution in [0, 0.1) is 18.3 Å². The monoisotopic (exact) mass is 515 g/mol. The highest BCUT2D eigenvalue weighted by Gasteiger charge is 2.37. The van der Waals surface area contributed by atoms with E-state index in [0.717, 1.165) is 11.5 Å². The van der Waals surface area contributed by atoms with Crippen molar-refractivity contribution >= 4 is 28.5 Å². The van der Waals surface area contributed by atoms with Crippen molar-refractivity contribution in [1.82, 2.24) is 14.5 Å². The highest BCUT2D eigenvalue weighted by atomic mass is 32.2. The van der Waals surface area contributed by atoms with Gasteiger partial charge in [0.1, 0.15) is 23.8 Å². The molecule has 10 heteroatoms. The summed E-state index contributed by atoms with van der Waals surface area (Å²) in [6.07, 6.45) is 1.29. The van der Waals surface area contributed by atoms with E-state index in [1.54, 1.807) is 31.8 Å². The lowest BCUT2D eigenvalue weighted by atomic mass is 9.79. The summed E-state index contributed by atoms with van der Waals surface area (Å²) >= 11 is 1.79. The summed E-state index contributed by atoms with van der Waals surface area (Å²) < 4.78 is 29.3. The van der Waals surface area contributed by atoms with Crippen LogP contribution in [-0.2, 0) is 24.9 Å². The van der Waals surface area contributed by atoms with Gasteiger partial charge in [0, 0.05) is 24.8 Å². The second-order valence-electron chi connectivity index (χ2n) is 8.50. The molecule has 4 rings (SSSR count). The lowest BCUT2D eigenvalue weighted by molar-refractivity contribution is -0.0556. The van der Waals surface area contributed by atoms with Gasteiger partial charge >= 0.3 is 0 Å². The number of alkyl halides is 2. The first-order valence-corrected chi connectivity index (χ1v) is 13.1. The van der Waals surface area contributed by atoms with Crippen LogP contribution in [-0.4, -0.2) is 37.8 Å². The van der Waals surface area contributed by atoms with Crippen molar-refractivity contribution in [3.8, 4) is 6.07 Å². The van der Waals surface area contributed by atoms with E-state index in [1.807, 2.05) is 19.9 Å². The summed E-state index contributed by atoms with van der Waals surface area (Å²) in [5.74, 6) is -0.864. The van der Waals surface area contributed by atoms with Crippen molar-refractivity contribution < 1.29 is 13.9 Å². The van der Waals surface area contributed by atoms with E-state index in [2.05, 4.69) is 21.4 Å². The molecule has 2 N–H and O–H groups in total. The van der Waals surface area contributed by atoms with Crippen LogP contribution in [0.3, 0.4) is 0 Å². The van der Waals surface area contributed by atoms with Crippen molar-refractivity contribution in [3.63, 3.8) is 0 Å². The summed E-state index contributed by atoms with van der Waals surface area (Å²) in [6, 6.07) is 10.1. The van der Waals surface area contributed by atoms with Gasteiger partial charge in [-0.15, -0.1) is 0 Å². The normalized spacial score (nSPS) is 15.1. The standard InChI is InChI=1S/C24H25F2N5O2S.C2H6/c1-15-29-20-18(11-19(31(2)22(20)33)23(13-27)6-8-34-9-7-23)21(30-15)28-12-16-4-3-5-17(10-16)24(25,26)14-32;1-2/h3-5,10-11,32H,6-9,12,14H2,1-2H3,(H,28,29,30);1-2H3. The third-order valence-corrected chi connectivity index (χ3v) is 7.25. The number of halogens is 2. The average molecular weight is 516 g/mol. The van der Waals surface area contributed by atoms with Gasteiger partial charge in [-0.2, -0.15) is 25.8 Å². The van der Waals surface area contributed by atoms with E-state index in [9.17, 15) is 18.8 Å². The summed E-state index contributed by atoms with van der Waals surface area (Å²) in [4.78, 5) is 22.0. The summed E-state index contributed by atoms with van der Waals surface area (Å²) in [5.41, 5.74) is 0.0865. The zero-order valence-electron chi connectivity index (χ0n) is 20.9. The lowest BCUT2D eigenvalue weighted by Crippen LogP contribution is -2.36. The smallest absolute Gasteiger partial charge is 0.295 e. The molecule has 3 heterocycles. The number of nitrogens with zero attached hydrogens (tertiary/aromatic N) is 4. The Morgan fingerprint density at radius 3 is 2.58 bits per heavy atom. The van der Waals surface area contributed by atoms with Gasteiger partial charge in [0.2, 0.25) is 0 Å². The van der Waals surface area contributed by atoms with E-state index in [4.69, 9.17) is 5.11 Å². The molecule has 0 spiro atoms. The molecule has 1 aliphatic heterocycles. The van der Waals surface area contributed by atoms with Gasteiger partial charge in [-0.3, -0.25) is 4.79 Å². The molecular weight excluding hydrogens is 484 g/mol. The number of fused-ring (bicyclic) bond motifs is 1. The van der Waals surface area contributed by atoms with Crippen molar-refractivity contribution in [2.75, 3.05) is 23.4 Å². The number of anilines is 1. The Hall–Kier alpha value is -3.03. The number of benzene rings is 1. The van der Waals surface area contributed by atoms with Crippen LogP contribution in [0.1, 0.15) is 49.3 Å². The Balaban J connectivity index is 0.00000176. The van der Waals surface area contributed by atoms with Crippen molar-refractivity contribution in [3.05, 3.63) is 63.3 Å². The molecule has 0 saturated carbocycles. The maximum Gasteiger partial charge on any atom is 0.295 e. The number of aliphatic hydroxyl groups excluding tert-OH is 1. The minimum absolute atomic E-state index is 0.172. The predicted octanol–water partition coefficient (Wildman–Crippen LogP) is 4.65. The first-order chi connectivity index (χ1) is 17.2. The molecule has 1 saturated heterocycles. The van der Waals surface area contributed by atoms with Gasteiger partial charge in [0.15, 0.2) is 0 Å². The van der Waals surface area contributed by atoms with E-state index < -0.39 is 17.9 Å². The Kier molecular flexibility index (Phi) is 8.69. The molecule has 1 aromatic carbocycles. The van der Waals surface area contributed by atoms with Crippen LogP contribution in [0.15, 0.2) is 35.1 Å². The van der Waals surface area contributed by atoms with Crippen LogP contribution in [0.4, 0.5) is 14.6 Å². The number of nitrogens with one attached hydrogen (secondary N) is 1. The van der Waals surface area contributed by atoms with Gasteiger partial charge < -0.3 is 15.0 Å².